The lowest BCUT2D eigenvalue weighted by molar-refractivity contribution is 0.604. The second kappa shape index (κ2) is 2.76. The SMILES string of the molecule is O=c1cc(S(=O)(=O)Cl)[nH]c(=O)[nH]1. The predicted octanol–water partition coefficient (Wildman–Crippen LogP) is -1.01. The van der Waals surface area contributed by atoms with E-state index in [9.17, 15) is 18.0 Å². The highest BCUT2D eigenvalue weighted by atomic mass is 35.7. The molecule has 0 aliphatic rings. The van der Waals surface area contributed by atoms with Gasteiger partial charge < -0.3 is 0 Å². The average Bonchev–Trinajstić information content (AvgIpc) is 1.82. The predicted molar refractivity (Wildman–Crippen MR) is 40.7 cm³/mol. The molecule has 1 aromatic rings. The number of aromatic nitrogens is 2. The summed E-state index contributed by atoms with van der Waals surface area (Å²) in [5.74, 6) is 0. The van der Waals surface area contributed by atoms with Crippen LogP contribution in [-0.2, 0) is 9.05 Å². The van der Waals surface area contributed by atoms with Crippen molar-refractivity contribution in [1.82, 2.24) is 9.97 Å². The van der Waals surface area contributed by atoms with Crippen molar-refractivity contribution in [2.75, 3.05) is 0 Å². The molecule has 1 rings (SSSR count). The van der Waals surface area contributed by atoms with Crippen molar-refractivity contribution < 1.29 is 8.42 Å². The highest BCUT2D eigenvalue weighted by Gasteiger charge is 2.11. The summed E-state index contributed by atoms with van der Waals surface area (Å²) in [7, 11) is 0.801. The maximum atomic E-state index is 10.6. The first kappa shape index (κ1) is 9.01. The first-order chi connectivity index (χ1) is 5.39. The zero-order valence-corrected chi connectivity index (χ0v) is 7.07. The normalized spacial score (nSPS) is 11.4. The van der Waals surface area contributed by atoms with Gasteiger partial charge in [-0.2, -0.15) is 0 Å². The summed E-state index contributed by atoms with van der Waals surface area (Å²) < 4.78 is 21.2. The van der Waals surface area contributed by atoms with Gasteiger partial charge in [0, 0.05) is 16.7 Å². The molecule has 0 aromatic carbocycles. The Morgan fingerprint density at radius 3 is 2.25 bits per heavy atom. The third-order valence-corrected chi connectivity index (χ3v) is 2.24. The molecule has 8 heteroatoms. The van der Waals surface area contributed by atoms with Crippen LogP contribution in [0, 0.1) is 0 Å². The van der Waals surface area contributed by atoms with Crippen molar-refractivity contribution in [2.45, 2.75) is 5.03 Å². The van der Waals surface area contributed by atoms with Gasteiger partial charge in [-0.25, -0.2) is 13.2 Å². The first-order valence-electron chi connectivity index (χ1n) is 2.68. The summed E-state index contributed by atoms with van der Waals surface area (Å²) in [6.45, 7) is 0. The number of nitrogens with one attached hydrogen (secondary N) is 2. The van der Waals surface area contributed by atoms with Crippen molar-refractivity contribution in [3.05, 3.63) is 26.9 Å². The molecular weight excluding hydrogens is 208 g/mol. The maximum absolute atomic E-state index is 10.6. The number of hydrogen-bond acceptors (Lipinski definition) is 4. The lowest BCUT2D eigenvalue weighted by Gasteiger charge is -1.91. The fourth-order valence-electron chi connectivity index (χ4n) is 0.578. The van der Waals surface area contributed by atoms with Crippen molar-refractivity contribution in [3.63, 3.8) is 0 Å². The Kier molecular flexibility index (Phi) is 2.07. The van der Waals surface area contributed by atoms with E-state index in [4.69, 9.17) is 10.7 Å². The van der Waals surface area contributed by atoms with E-state index in [2.05, 4.69) is 0 Å². The number of hydrogen-bond donors (Lipinski definition) is 2. The molecule has 0 unspecified atom stereocenters. The van der Waals surface area contributed by atoms with Crippen LogP contribution in [0.2, 0.25) is 0 Å². The zero-order valence-electron chi connectivity index (χ0n) is 5.50. The molecule has 0 radical (unpaired) electrons. The molecule has 1 heterocycles. The van der Waals surface area contributed by atoms with E-state index in [-0.39, 0.29) is 0 Å². The van der Waals surface area contributed by atoms with Crippen LogP contribution in [0.25, 0.3) is 0 Å². The molecule has 6 nitrogen and oxygen atoms in total. The van der Waals surface area contributed by atoms with E-state index in [0.29, 0.717) is 6.07 Å². The van der Waals surface area contributed by atoms with Crippen molar-refractivity contribution in [1.29, 1.82) is 0 Å². The van der Waals surface area contributed by atoms with Gasteiger partial charge in [0.2, 0.25) is 0 Å². The van der Waals surface area contributed by atoms with Gasteiger partial charge in [0.15, 0.2) is 5.03 Å². The summed E-state index contributed by atoms with van der Waals surface area (Å²) in [4.78, 5) is 24.7. The molecule has 0 spiro atoms. The molecule has 66 valence electrons. The van der Waals surface area contributed by atoms with Crippen LogP contribution in [0.4, 0.5) is 0 Å². The Morgan fingerprint density at radius 1 is 1.25 bits per heavy atom. The molecule has 0 amide bonds. The summed E-state index contributed by atoms with van der Waals surface area (Å²) in [5.41, 5.74) is -1.74. The summed E-state index contributed by atoms with van der Waals surface area (Å²) >= 11 is 0. The van der Waals surface area contributed by atoms with Gasteiger partial charge in [0.1, 0.15) is 0 Å². The molecule has 2 N–H and O–H groups in total. The third-order valence-electron chi connectivity index (χ3n) is 0.998. The van der Waals surface area contributed by atoms with E-state index in [0.717, 1.165) is 0 Å². The molecule has 0 saturated carbocycles. The number of rotatable bonds is 1. The van der Waals surface area contributed by atoms with Crippen LogP contribution < -0.4 is 11.2 Å². The van der Waals surface area contributed by atoms with E-state index in [1.54, 1.807) is 4.98 Å². The van der Waals surface area contributed by atoms with Gasteiger partial charge in [-0.05, 0) is 0 Å². The van der Waals surface area contributed by atoms with E-state index in [1.807, 2.05) is 4.98 Å². The third kappa shape index (κ3) is 1.95. The molecule has 12 heavy (non-hydrogen) atoms. The zero-order chi connectivity index (χ0) is 9.35. The van der Waals surface area contributed by atoms with Crippen LogP contribution in [0.1, 0.15) is 0 Å². The van der Waals surface area contributed by atoms with Gasteiger partial charge in [-0.15, -0.1) is 0 Å². The maximum Gasteiger partial charge on any atom is 0.326 e. The first-order valence-corrected chi connectivity index (χ1v) is 4.99. The minimum absolute atomic E-state index is 0.613. The summed E-state index contributed by atoms with van der Waals surface area (Å²) in [6.07, 6.45) is 0. The lowest BCUT2D eigenvalue weighted by Crippen LogP contribution is -2.23. The number of halogens is 1. The van der Waals surface area contributed by atoms with Crippen molar-refractivity contribution in [2.24, 2.45) is 0 Å². The summed E-state index contributed by atoms with van der Waals surface area (Å²) in [5, 5.41) is -0.613. The monoisotopic (exact) mass is 210 g/mol. The van der Waals surface area contributed by atoms with Gasteiger partial charge >= 0.3 is 5.69 Å². The fraction of sp³-hybridized carbons (Fsp3) is 0. The fourth-order valence-corrected chi connectivity index (χ4v) is 1.29. The topological polar surface area (TPSA) is 99.9 Å². The van der Waals surface area contributed by atoms with Crippen LogP contribution in [-0.4, -0.2) is 18.4 Å². The van der Waals surface area contributed by atoms with E-state index in [1.165, 1.54) is 0 Å². The van der Waals surface area contributed by atoms with Crippen LogP contribution in [0.15, 0.2) is 20.7 Å². The van der Waals surface area contributed by atoms with Crippen LogP contribution >= 0.6 is 10.7 Å². The quantitative estimate of drug-likeness (QED) is 0.458. The highest BCUT2D eigenvalue weighted by Crippen LogP contribution is 2.06. The van der Waals surface area contributed by atoms with Gasteiger partial charge in [-0.1, -0.05) is 0 Å². The number of aromatic amines is 2. The molecule has 1 aromatic heterocycles. The largest absolute Gasteiger partial charge is 0.326 e. The van der Waals surface area contributed by atoms with Gasteiger partial charge in [0.25, 0.3) is 14.6 Å². The molecule has 0 atom stereocenters. The van der Waals surface area contributed by atoms with Crippen molar-refractivity contribution >= 4 is 19.7 Å². The standard InChI is InChI=1S/C4H3ClN2O4S/c5-12(10,11)3-1-2(8)6-4(9)7-3/h1H,(H2,6,7,8,9). The molecule has 0 bridgehead atoms. The minimum atomic E-state index is -4.05. The Morgan fingerprint density at radius 2 is 1.83 bits per heavy atom. The molecular formula is C4H3ClN2O4S. The Bertz CT molecular complexity index is 470. The van der Waals surface area contributed by atoms with Crippen LogP contribution in [0.3, 0.4) is 0 Å². The lowest BCUT2D eigenvalue weighted by atomic mass is 10.7. The number of H-pyrrole nitrogens is 2. The van der Waals surface area contributed by atoms with Crippen LogP contribution in [0.5, 0.6) is 0 Å². The molecule has 0 saturated heterocycles. The molecule has 0 aliphatic carbocycles. The average molecular weight is 211 g/mol. The summed E-state index contributed by atoms with van der Waals surface area (Å²) in [6, 6.07) is 0.684. The minimum Gasteiger partial charge on any atom is -0.297 e. The Labute approximate surface area is 70.6 Å². The second-order valence-electron chi connectivity index (χ2n) is 1.89. The van der Waals surface area contributed by atoms with Crippen molar-refractivity contribution in [3.8, 4) is 0 Å². The van der Waals surface area contributed by atoms with Gasteiger partial charge in [0.05, 0.1) is 0 Å². The second-order valence-corrected chi connectivity index (χ2v) is 4.42. The van der Waals surface area contributed by atoms with E-state index < -0.39 is 25.3 Å². The molecule has 0 aliphatic heterocycles. The smallest absolute Gasteiger partial charge is 0.297 e. The Balaban J connectivity index is 3.59. The highest BCUT2D eigenvalue weighted by molar-refractivity contribution is 8.13. The van der Waals surface area contributed by atoms with Gasteiger partial charge in [-0.3, -0.25) is 14.8 Å². The Hall–Kier alpha value is -1.08. The molecule has 0 fully saturated rings. The van der Waals surface area contributed by atoms with E-state index >= 15 is 0 Å².